The minimum absolute atomic E-state index is 0.119. The molecule has 112 valence electrons. The molecule has 2 N–H and O–H groups in total. The van der Waals surface area contributed by atoms with E-state index < -0.39 is 0 Å². The smallest absolute Gasteiger partial charge is 0.219 e. The molecule has 0 spiro atoms. The number of nitrogens with two attached hydrogens (primary N) is 1. The van der Waals surface area contributed by atoms with Crippen molar-refractivity contribution >= 4 is 22.8 Å². The van der Waals surface area contributed by atoms with Gasteiger partial charge in [0, 0.05) is 26.1 Å². The molecule has 3 heterocycles. The Kier molecular flexibility index (Phi) is 3.48. The molecule has 1 aliphatic rings. The predicted molar refractivity (Wildman–Crippen MR) is 79.8 cm³/mol. The van der Waals surface area contributed by atoms with E-state index in [1.165, 1.54) is 0 Å². The van der Waals surface area contributed by atoms with Crippen molar-refractivity contribution in [1.29, 1.82) is 0 Å². The molecule has 0 aromatic carbocycles. The zero-order valence-corrected chi connectivity index (χ0v) is 12.4. The van der Waals surface area contributed by atoms with Crippen LogP contribution in [-0.4, -0.2) is 38.2 Å². The number of carbonyl (C=O) groups excluding carboxylic acids is 1. The number of nitrogens with zero attached hydrogens (tertiary/aromatic N) is 5. The highest BCUT2D eigenvalue weighted by Gasteiger charge is 2.27. The monoisotopic (exact) mass is 288 g/mol. The van der Waals surface area contributed by atoms with Crippen LogP contribution in [0, 0.1) is 6.92 Å². The van der Waals surface area contributed by atoms with Gasteiger partial charge in [-0.05, 0) is 26.2 Å². The van der Waals surface area contributed by atoms with E-state index in [1.54, 1.807) is 10.9 Å². The molecule has 0 bridgehead atoms. The molecule has 1 amide bonds. The summed E-state index contributed by atoms with van der Waals surface area (Å²) < 4.78 is 1.75. The van der Waals surface area contributed by atoms with Crippen molar-refractivity contribution in [3.05, 3.63) is 12.0 Å². The van der Waals surface area contributed by atoms with Crippen LogP contribution in [0.3, 0.4) is 0 Å². The molecule has 1 unspecified atom stereocenters. The van der Waals surface area contributed by atoms with Crippen molar-refractivity contribution in [1.82, 2.24) is 19.7 Å². The van der Waals surface area contributed by atoms with E-state index in [2.05, 4.69) is 20.0 Å². The maximum atomic E-state index is 11.3. The van der Waals surface area contributed by atoms with Gasteiger partial charge in [0.2, 0.25) is 5.91 Å². The Labute approximate surface area is 123 Å². The number of rotatable bonds is 3. The number of aryl methyl sites for hydroxylation is 2. The lowest BCUT2D eigenvalue weighted by molar-refractivity contribution is -0.118. The summed E-state index contributed by atoms with van der Waals surface area (Å²) in [6.07, 6.45) is 5.34. The van der Waals surface area contributed by atoms with Crippen molar-refractivity contribution in [2.75, 3.05) is 11.4 Å². The van der Waals surface area contributed by atoms with E-state index in [0.29, 0.717) is 12.2 Å². The van der Waals surface area contributed by atoms with Crippen molar-refractivity contribution in [2.24, 2.45) is 12.8 Å². The average Bonchev–Trinajstić information content (AvgIpc) is 2.80. The van der Waals surface area contributed by atoms with Gasteiger partial charge < -0.3 is 10.6 Å². The zero-order valence-electron chi connectivity index (χ0n) is 12.4. The Morgan fingerprint density at radius 3 is 3.00 bits per heavy atom. The molecule has 1 saturated heterocycles. The van der Waals surface area contributed by atoms with E-state index in [1.807, 2.05) is 14.0 Å². The molecule has 7 nitrogen and oxygen atoms in total. The third-order valence-corrected chi connectivity index (χ3v) is 4.02. The number of aromatic nitrogens is 4. The first-order valence-corrected chi connectivity index (χ1v) is 7.27. The summed E-state index contributed by atoms with van der Waals surface area (Å²) in [7, 11) is 1.87. The highest BCUT2D eigenvalue weighted by atomic mass is 16.1. The molecule has 2 aromatic heterocycles. The Balaban J connectivity index is 2.06. The van der Waals surface area contributed by atoms with Gasteiger partial charge in [-0.25, -0.2) is 9.97 Å². The Hall–Kier alpha value is -2.18. The minimum atomic E-state index is -0.264. The lowest BCUT2D eigenvalue weighted by Crippen LogP contribution is -2.42. The summed E-state index contributed by atoms with van der Waals surface area (Å²) in [4.78, 5) is 22.6. The number of fused-ring (bicyclic) bond motifs is 1. The molecule has 0 aliphatic carbocycles. The van der Waals surface area contributed by atoms with Crippen LogP contribution in [0.15, 0.2) is 6.20 Å². The summed E-state index contributed by atoms with van der Waals surface area (Å²) in [5.74, 6) is 1.32. The fourth-order valence-corrected chi connectivity index (χ4v) is 3.06. The lowest BCUT2D eigenvalue weighted by atomic mass is 9.99. The second-order valence-corrected chi connectivity index (χ2v) is 5.61. The molecular formula is C14H20N6O. The lowest BCUT2D eigenvalue weighted by Gasteiger charge is -2.36. The minimum Gasteiger partial charge on any atom is -0.370 e. The van der Waals surface area contributed by atoms with Gasteiger partial charge >= 0.3 is 0 Å². The van der Waals surface area contributed by atoms with Gasteiger partial charge in [-0.15, -0.1) is 0 Å². The second kappa shape index (κ2) is 5.31. The molecule has 21 heavy (non-hydrogen) atoms. The molecular weight excluding hydrogens is 268 g/mol. The Morgan fingerprint density at radius 2 is 2.24 bits per heavy atom. The van der Waals surface area contributed by atoms with Crippen LogP contribution in [0.25, 0.3) is 11.0 Å². The van der Waals surface area contributed by atoms with E-state index in [4.69, 9.17) is 5.73 Å². The number of primary amides is 1. The number of piperidine rings is 1. The van der Waals surface area contributed by atoms with Gasteiger partial charge in [0.15, 0.2) is 5.65 Å². The number of hydrogen-bond donors (Lipinski definition) is 1. The van der Waals surface area contributed by atoms with E-state index in [0.717, 1.165) is 42.7 Å². The molecule has 2 aromatic rings. The van der Waals surface area contributed by atoms with Crippen LogP contribution in [0.2, 0.25) is 0 Å². The highest BCUT2D eigenvalue weighted by Crippen LogP contribution is 2.30. The molecule has 0 saturated carbocycles. The number of carbonyl (C=O) groups is 1. The van der Waals surface area contributed by atoms with Crippen LogP contribution < -0.4 is 10.6 Å². The SMILES string of the molecule is Cc1nc(N2CCCCC2CC(N)=O)c2cnn(C)c2n1. The normalized spacial score (nSPS) is 19.1. The molecule has 1 atom stereocenters. The maximum absolute atomic E-state index is 11.3. The summed E-state index contributed by atoms with van der Waals surface area (Å²) in [5, 5.41) is 5.20. The maximum Gasteiger partial charge on any atom is 0.219 e. The van der Waals surface area contributed by atoms with Gasteiger partial charge in [-0.3, -0.25) is 9.48 Å². The highest BCUT2D eigenvalue weighted by molar-refractivity contribution is 5.87. The van der Waals surface area contributed by atoms with Gasteiger partial charge in [-0.2, -0.15) is 5.10 Å². The van der Waals surface area contributed by atoms with Crippen molar-refractivity contribution in [3.63, 3.8) is 0 Å². The standard InChI is InChI=1S/C14H20N6O/c1-9-17-13-11(8-16-19(13)2)14(18-9)20-6-4-3-5-10(20)7-12(15)21/h8,10H,3-7H2,1-2H3,(H2,15,21). The van der Waals surface area contributed by atoms with Crippen molar-refractivity contribution < 1.29 is 4.79 Å². The fourth-order valence-electron chi connectivity index (χ4n) is 3.06. The van der Waals surface area contributed by atoms with Gasteiger partial charge in [-0.1, -0.05) is 0 Å². The molecule has 7 heteroatoms. The summed E-state index contributed by atoms with van der Waals surface area (Å²) in [6, 6.07) is 0.119. The van der Waals surface area contributed by atoms with Gasteiger partial charge in [0.05, 0.1) is 11.6 Å². The first-order valence-electron chi connectivity index (χ1n) is 7.27. The third-order valence-electron chi connectivity index (χ3n) is 4.02. The number of hydrogen-bond acceptors (Lipinski definition) is 5. The van der Waals surface area contributed by atoms with E-state index in [9.17, 15) is 4.79 Å². The number of anilines is 1. The van der Waals surface area contributed by atoms with Crippen LogP contribution in [0.1, 0.15) is 31.5 Å². The average molecular weight is 288 g/mol. The molecule has 3 rings (SSSR count). The predicted octanol–water partition coefficient (Wildman–Crippen LogP) is 0.906. The molecule has 1 fully saturated rings. The quantitative estimate of drug-likeness (QED) is 0.906. The molecule has 0 radical (unpaired) electrons. The Bertz CT molecular complexity index is 679. The van der Waals surface area contributed by atoms with Crippen molar-refractivity contribution in [2.45, 2.75) is 38.6 Å². The Morgan fingerprint density at radius 1 is 1.43 bits per heavy atom. The third kappa shape index (κ3) is 2.55. The van der Waals surface area contributed by atoms with Gasteiger partial charge in [0.1, 0.15) is 11.6 Å². The van der Waals surface area contributed by atoms with Crippen LogP contribution >= 0.6 is 0 Å². The van der Waals surface area contributed by atoms with E-state index in [-0.39, 0.29) is 11.9 Å². The largest absolute Gasteiger partial charge is 0.370 e. The zero-order chi connectivity index (χ0) is 15.0. The second-order valence-electron chi connectivity index (χ2n) is 5.61. The van der Waals surface area contributed by atoms with Crippen LogP contribution in [0.5, 0.6) is 0 Å². The topological polar surface area (TPSA) is 89.9 Å². The summed E-state index contributed by atoms with van der Waals surface area (Å²) >= 11 is 0. The fraction of sp³-hybridized carbons (Fsp3) is 0.571. The van der Waals surface area contributed by atoms with Gasteiger partial charge in [0.25, 0.3) is 0 Å². The van der Waals surface area contributed by atoms with Crippen LogP contribution in [0.4, 0.5) is 5.82 Å². The first-order chi connectivity index (χ1) is 10.1. The summed E-state index contributed by atoms with van der Waals surface area (Å²) in [6.45, 7) is 2.77. The first kappa shape index (κ1) is 13.8. The number of amides is 1. The summed E-state index contributed by atoms with van der Waals surface area (Å²) in [5.41, 5.74) is 6.22. The van der Waals surface area contributed by atoms with E-state index >= 15 is 0 Å². The van der Waals surface area contributed by atoms with Crippen molar-refractivity contribution in [3.8, 4) is 0 Å². The molecule has 1 aliphatic heterocycles. The van der Waals surface area contributed by atoms with Crippen LogP contribution in [-0.2, 0) is 11.8 Å².